The lowest BCUT2D eigenvalue weighted by Gasteiger charge is -2.21. The lowest BCUT2D eigenvalue weighted by atomic mass is 9.97. The monoisotopic (exact) mass is 248 g/mol. The summed E-state index contributed by atoms with van der Waals surface area (Å²) >= 11 is 3.10. The standard InChI is InChI=1S/C9H10BrFO2/c1-9(13,5-12)7-3-2-6(10)4-8(7)11/h2-4,12-13H,5H2,1H3. The fourth-order valence-electron chi connectivity index (χ4n) is 1.01. The summed E-state index contributed by atoms with van der Waals surface area (Å²) in [5.74, 6) is -0.534. The van der Waals surface area contributed by atoms with Crippen LogP contribution in [-0.2, 0) is 5.60 Å². The Morgan fingerprint density at radius 3 is 2.62 bits per heavy atom. The summed E-state index contributed by atoms with van der Waals surface area (Å²) in [6.07, 6.45) is 0. The molecular weight excluding hydrogens is 239 g/mol. The van der Waals surface area contributed by atoms with E-state index in [1.54, 1.807) is 6.07 Å². The molecule has 0 heterocycles. The van der Waals surface area contributed by atoms with Gasteiger partial charge in [0.25, 0.3) is 0 Å². The normalized spacial score (nSPS) is 15.5. The molecule has 13 heavy (non-hydrogen) atoms. The molecule has 0 aromatic heterocycles. The summed E-state index contributed by atoms with van der Waals surface area (Å²) in [4.78, 5) is 0. The van der Waals surface area contributed by atoms with Crippen molar-refractivity contribution < 1.29 is 14.6 Å². The third-order valence-electron chi connectivity index (χ3n) is 1.82. The SMILES string of the molecule is CC(O)(CO)c1ccc(Br)cc1F. The van der Waals surface area contributed by atoms with Gasteiger partial charge in [-0.3, -0.25) is 0 Å². The first-order chi connectivity index (χ1) is 5.97. The van der Waals surface area contributed by atoms with E-state index in [4.69, 9.17) is 5.11 Å². The average molecular weight is 249 g/mol. The van der Waals surface area contributed by atoms with Crippen LogP contribution in [0.15, 0.2) is 22.7 Å². The Kier molecular flexibility index (Phi) is 3.05. The zero-order chi connectivity index (χ0) is 10.1. The molecule has 1 aromatic carbocycles. The second kappa shape index (κ2) is 3.74. The van der Waals surface area contributed by atoms with Gasteiger partial charge in [-0.1, -0.05) is 22.0 Å². The molecule has 0 aliphatic carbocycles. The minimum atomic E-state index is -1.52. The van der Waals surface area contributed by atoms with E-state index in [0.29, 0.717) is 4.47 Å². The van der Waals surface area contributed by atoms with Crippen LogP contribution in [0, 0.1) is 5.82 Å². The highest BCUT2D eigenvalue weighted by Gasteiger charge is 2.25. The summed E-state index contributed by atoms with van der Waals surface area (Å²) < 4.78 is 13.8. The molecule has 1 rings (SSSR count). The third kappa shape index (κ3) is 2.27. The van der Waals surface area contributed by atoms with Crippen LogP contribution in [0.25, 0.3) is 0 Å². The minimum absolute atomic E-state index is 0.0956. The fraction of sp³-hybridized carbons (Fsp3) is 0.333. The van der Waals surface area contributed by atoms with Gasteiger partial charge in [0.2, 0.25) is 0 Å². The highest BCUT2D eigenvalue weighted by atomic mass is 79.9. The summed E-state index contributed by atoms with van der Waals surface area (Å²) in [6.45, 7) is 0.852. The number of hydrogen-bond acceptors (Lipinski definition) is 2. The van der Waals surface area contributed by atoms with Crippen molar-refractivity contribution >= 4 is 15.9 Å². The van der Waals surface area contributed by atoms with Gasteiger partial charge in [0.05, 0.1) is 6.61 Å². The van der Waals surface area contributed by atoms with Crippen LogP contribution in [-0.4, -0.2) is 16.8 Å². The molecule has 0 fully saturated rings. The van der Waals surface area contributed by atoms with Crippen molar-refractivity contribution in [2.45, 2.75) is 12.5 Å². The molecular formula is C9H10BrFO2. The number of aliphatic hydroxyl groups excluding tert-OH is 1. The predicted octanol–water partition coefficient (Wildman–Crippen LogP) is 1.79. The smallest absolute Gasteiger partial charge is 0.130 e. The first-order valence-electron chi connectivity index (χ1n) is 3.76. The molecule has 0 aliphatic heterocycles. The van der Waals surface area contributed by atoms with Crippen molar-refractivity contribution in [1.29, 1.82) is 0 Å². The van der Waals surface area contributed by atoms with E-state index in [9.17, 15) is 9.50 Å². The average Bonchev–Trinajstić information content (AvgIpc) is 2.03. The van der Waals surface area contributed by atoms with Crippen molar-refractivity contribution in [3.63, 3.8) is 0 Å². The molecule has 4 heteroatoms. The molecule has 0 saturated heterocycles. The van der Waals surface area contributed by atoms with Crippen molar-refractivity contribution in [2.24, 2.45) is 0 Å². The van der Waals surface area contributed by atoms with Crippen molar-refractivity contribution in [3.05, 3.63) is 34.1 Å². The van der Waals surface area contributed by atoms with E-state index in [2.05, 4.69) is 15.9 Å². The van der Waals surface area contributed by atoms with E-state index in [1.165, 1.54) is 19.1 Å². The maximum absolute atomic E-state index is 13.2. The Labute approximate surface area is 84.1 Å². The van der Waals surface area contributed by atoms with Crippen LogP contribution in [0.4, 0.5) is 4.39 Å². The zero-order valence-electron chi connectivity index (χ0n) is 7.09. The Morgan fingerprint density at radius 1 is 1.54 bits per heavy atom. The van der Waals surface area contributed by atoms with E-state index in [1.807, 2.05) is 0 Å². The van der Waals surface area contributed by atoms with Crippen LogP contribution in [0.3, 0.4) is 0 Å². The number of aliphatic hydroxyl groups is 2. The van der Waals surface area contributed by atoms with Crippen molar-refractivity contribution in [3.8, 4) is 0 Å². The molecule has 72 valence electrons. The zero-order valence-corrected chi connectivity index (χ0v) is 8.68. The van der Waals surface area contributed by atoms with E-state index in [0.717, 1.165) is 0 Å². The second-order valence-electron chi connectivity index (χ2n) is 3.06. The van der Waals surface area contributed by atoms with Crippen molar-refractivity contribution in [1.82, 2.24) is 0 Å². The Morgan fingerprint density at radius 2 is 2.15 bits per heavy atom. The summed E-state index contributed by atoms with van der Waals surface area (Å²) in [6, 6.07) is 4.30. The Bertz CT molecular complexity index is 312. The topological polar surface area (TPSA) is 40.5 Å². The lowest BCUT2D eigenvalue weighted by Crippen LogP contribution is -2.27. The molecule has 0 bridgehead atoms. The van der Waals surface area contributed by atoms with Crippen LogP contribution in [0.5, 0.6) is 0 Å². The van der Waals surface area contributed by atoms with Gasteiger partial charge in [0, 0.05) is 10.0 Å². The summed E-state index contributed by atoms with van der Waals surface area (Å²) in [5, 5.41) is 18.4. The molecule has 1 aromatic rings. The van der Waals surface area contributed by atoms with Gasteiger partial charge < -0.3 is 10.2 Å². The predicted molar refractivity (Wildman–Crippen MR) is 50.8 cm³/mol. The fourth-order valence-corrected chi connectivity index (χ4v) is 1.34. The molecule has 1 unspecified atom stereocenters. The number of rotatable bonds is 2. The van der Waals surface area contributed by atoms with Gasteiger partial charge in [-0.15, -0.1) is 0 Å². The maximum atomic E-state index is 13.2. The van der Waals surface area contributed by atoms with Gasteiger partial charge in [-0.25, -0.2) is 4.39 Å². The van der Waals surface area contributed by atoms with Crippen molar-refractivity contribution in [2.75, 3.05) is 6.61 Å². The van der Waals surface area contributed by atoms with Crippen LogP contribution < -0.4 is 0 Å². The van der Waals surface area contributed by atoms with Gasteiger partial charge in [-0.2, -0.15) is 0 Å². The first-order valence-corrected chi connectivity index (χ1v) is 4.55. The van der Waals surface area contributed by atoms with Gasteiger partial charge in [0.15, 0.2) is 0 Å². The third-order valence-corrected chi connectivity index (χ3v) is 2.31. The molecule has 0 amide bonds. The lowest BCUT2D eigenvalue weighted by molar-refractivity contribution is -0.00508. The number of halogens is 2. The Hall–Kier alpha value is -0.450. The largest absolute Gasteiger partial charge is 0.393 e. The first kappa shape index (κ1) is 10.6. The molecule has 0 radical (unpaired) electrons. The van der Waals surface area contributed by atoms with Crippen LogP contribution in [0.2, 0.25) is 0 Å². The second-order valence-corrected chi connectivity index (χ2v) is 3.97. The van der Waals surface area contributed by atoms with Gasteiger partial charge in [-0.05, 0) is 19.1 Å². The van der Waals surface area contributed by atoms with E-state index in [-0.39, 0.29) is 5.56 Å². The van der Waals surface area contributed by atoms with Gasteiger partial charge in [0.1, 0.15) is 11.4 Å². The molecule has 0 aliphatic rings. The maximum Gasteiger partial charge on any atom is 0.130 e. The molecule has 1 atom stereocenters. The van der Waals surface area contributed by atoms with Gasteiger partial charge >= 0.3 is 0 Å². The van der Waals surface area contributed by atoms with Crippen LogP contribution >= 0.6 is 15.9 Å². The van der Waals surface area contributed by atoms with E-state index >= 15 is 0 Å². The van der Waals surface area contributed by atoms with Crippen LogP contribution in [0.1, 0.15) is 12.5 Å². The number of hydrogen-bond donors (Lipinski definition) is 2. The molecule has 0 spiro atoms. The summed E-state index contributed by atoms with van der Waals surface area (Å²) in [5.41, 5.74) is -1.43. The quantitative estimate of drug-likeness (QED) is 0.838. The molecule has 2 nitrogen and oxygen atoms in total. The van der Waals surface area contributed by atoms with E-state index < -0.39 is 18.0 Å². The summed E-state index contributed by atoms with van der Waals surface area (Å²) in [7, 11) is 0. The molecule has 0 saturated carbocycles. The Balaban J connectivity index is 3.16. The highest BCUT2D eigenvalue weighted by molar-refractivity contribution is 9.10. The highest BCUT2D eigenvalue weighted by Crippen LogP contribution is 2.25. The minimum Gasteiger partial charge on any atom is -0.393 e. The molecule has 2 N–H and O–H groups in total. The number of benzene rings is 1.